The van der Waals surface area contributed by atoms with Crippen LogP contribution >= 0.6 is 0 Å². The van der Waals surface area contributed by atoms with Gasteiger partial charge in [0.15, 0.2) is 0 Å². The van der Waals surface area contributed by atoms with Crippen molar-refractivity contribution in [2.75, 3.05) is 6.54 Å². The van der Waals surface area contributed by atoms with Crippen LogP contribution < -0.4 is 0 Å². The Balaban J connectivity index is 1.96. The molecule has 3 rings (SSSR count). The molecule has 0 saturated carbocycles. The standard InChI is InChI=1S/C17H20FN3O2/c1-10-16(11(2)20(3)19-10)17(23)21-9-14(22)8-15(21)12-4-6-13(18)7-5-12/h4-7,14-15,22H,8-9H2,1-3H3. The molecule has 23 heavy (non-hydrogen) atoms. The van der Waals surface area contributed by atoms with Crippen molar-refractivity contribution in [3.8, 4) is 0 Å². The van der Waals surface area contributed by atoms with Crippen molar-refractivity contribution >= 4 is 5.91 Å². The Hall–Kier alpha value is -2.21. The average Bonchev–Trinajstić information content (AvgIpc) is 3.00. The first-order valence-electron chi connectivity index (χ1n) is 7.63. The van der Waals surface area contributed by atoms with Crippen LogP contribution in [0.3, 0.4) is 0 Å². The molecule has 2 aromatic rings. The monoisotopic (exact) mass is 317 g/mol. The van der Waals surface area contributed by atoms with E-state index in [0.29, 0.717) is 17.7 Å². The predicted octanol–water partition coefficient (Wildman–Crippen LogP) is 2.12. The zero-order chi connectivity index (χ0) is 16.7. The molecule has 0 bridgehead atoms. The predicted molar refractivity (Wildman–Crippen MR) is 83.5 cm³/mol. The number of benzene rings is 1. The fourth-order valence-electron chi connectivity index (χ4n) is 3.27. The summed E-state index contributed by atoms with van der Waals surface area (Å²) in [5.41, 5.74) is 2.88. The number of aliphatic hydroxyl groups excluding tert-OH is 1. The highest BCUT2D eigenvalue weighted by atomic mass is 19.1. The van der Waals surface area contributed by atoms with Crippen molar-refractivity contribution in [1.82, 2.24) is 14.7 Å². The van der Waals surface area contributed by atoms with E-state index in [4.69, 9.17) is 0 Å². The van der Waals surface area contributed by atoms with E-state index in [-0.39, 0.29) is 24.3 Å². The lowest BCUT2D eigenvalue weighted by Crippen LogP contribution is -2.32. The third-order valence-corrected chi connectivity index (χ3v) is 4.52. The molecule has 0 radical (unpaired) electrons. The largest absolute Gasteiger partial charge is 0.391 e. The van der Waals surface area contributed by atoms with Crippen molar-refractivity contribution in [2.45, 2.75) is 32.4 Å². The van der Waals surface area contributed by atoms with Crippen LogP contribution in [0.15, 0.2) is 24.3 Å². The molecule has 1 aromatic heterocycles. The van der Waals surface area contributed by atoms with Gasteiger partial charge >= 0.3 is 0 Å². The number of nitrogens with zero attached hydrogens (tertiary/aromatic N) is 3. The maximum atomic E-state index is 13.1. The molecule has 2 heterocycles. The first kappa shape index (κ1) is 15.7. The second-order valence-electron chi connectivity index (χ2n) is 6.08. The van der Waals surface area contributed by atoms with Gasteiger partial charge in [-0.25, -0.2) is 4.39 Å². The van der Waals surface area contributed by atoms with E-state index >= 15 is 0 Å². The number of aliphatic hydroxyl groups is 1. The van der Waals surface area contributed by atoms with Gasteiger partial charge in [0.05, 0.1) is 23.4 Å². The van der Waals surface area contributed by atoms with Gasteiger partial charge in [-0.3, -0.25) is 9.48 Å². The topological polar surface area (TPSA) is 58.4 Å². The fraction of sp³-hybridized carbons (Fsp3) is 0.412. The number of hydrogen-bond acceptors (Lipinski definition) is 3. The van der Waals surface area contributed by atoms with Crippen molar-refractivity contribution < 1.29 is 14.3 Å². The Morgan fingerprint density at radius 1 is 1.30 bits per heavy atom. The third kappa shape index (κ3) is 2.74. The second kappa shape index (κ2) is 5.77. The second-order valence-corrected chi connectivity index (χ2v) is 6.08. The molecular formula is C17H20FN3O2. The zero-order valence-corrected chi connectivity index (χ0v) is 13.5. The summed E-state index contributed by atoms with van der Waals surface area (Å²) in [5.74, 6) is -0.455. The molecule has 2 unspecified atom stereocenters. The number of carbonyl (C=O) groups is 1. The van der Waals surface area contributed by atoms with Crippen LogP contribution in [0.4, 0.5) is 4.39 Å². The fourth-order valence-corrected chi connectivity index (χ4v) is 3.27. The lowest BCUT2D eigenvalue weighted by Gasteiger charge is -2.25. The molecule has 2 atom stereocenters. The van der Waals surface area contributed by atoms with Crippen LogP contribution in [0.2, 0.25) is 0 Å². The van der Waals surface area contributed by atoms with E-state index in [9.17, 15) is 14.3 Å². The van der Waals surface area contributed by atoms with Crippen molar-refractivity contribution in [3.05, 3.63) is 52.6 Å². The Labute approximate surface area is 134 Å². The van der Waals surface area contributed by atoms with Gasteiger partial charge in [0.25, 0.3) is 5.91 Å². The molecule has 1 aromatic carbocycles. The molecule has 0 spiro atoms. The molecule has 1 aliphatic rings. The van der Waals surface area contributed by atoms with E-state index in [0.717, 1.165) is 11.3 Å². The summed E-state index contributed by atoms with van der Waals surface area (Å²) >= 11 is 0. The molecule has 1 aliphatic heterocycles. The lowest BCUT2D eigenvalue weighted by atomic mass is 10.0. The molecule has 5 nitrogen and oxygen atoms in total. The number of rotatable bonds is 2. The number of aromatic nitrogens is 2. The number of likely N-dealkylation sites (tertiary alicyclic amines) is 1. The lowest BCUT2D eigenvalue weighted by molar-refractivity contribution is 0.0714. The highest BCUT2D eigenvalue weighted by Gasteiger charge is 2.37. The first-order valence-corrected chi connectivity index (χ1v) is 7.63. The van der Waals surface area contributed by atoms with Crippen LogP contribution in [0, 0.1) is 19.7 Å². The average molecular weight is 317 g/mol. The van der Waals surface area contributed by atoms with E-state index < -0.39 is 6.10 Å². The van der Waals surface area contributed by atoms with Crippen molar-refractivity contribution in [1.29, 1.82) is 0 Å². The van der Waals surface area contributed by atoms with E-state index in [1.54, 1.807) is 35.7 Å². The zero-order valence-electron chi connectivity index (χ0n) is 13.5. The van der Waals surface area contributed by atoms with Gasteiger partial charge in [0, 0.05) is 19.3 Å². The van der Waals surface area contributed by atoms with E-state index in [1.807, 2.05) is 6.92 Å². The molecular weight excluding hydrogens is 297 g/mol. The van der Waals surface area contributed by atoms with E-state index in [1.165, 1.54) is 12.1 Å². The SMILES string of the molecule is Cc1nn(C)c(C)c1C(=O)N1CC(O)CC1c1ccc(F)cc1. The summed E-state index contributed by atoms with van der Waals surface area (Å²) in [4.78, 5) is 14.6. The summed E-state index contributed by atoms with van der Waals surface area (Å²) in [7, 11) is 1.80. The molecule has 122 valence electrons. The molecule has 1 amide bonds. The molecule has 6 heteroatoms. The summed E-state index contributed by atoms with van der Waals surface area (Å²) in [6, 6.07) is 5.84. The molecule has 1 N–H and O–H groups in total. The van der Waals surface area contributed by atoms with Gasteiger partial charge < -0.3 is 10.0 Å². The first-order chi connectivity index (χ1) is 10.9. The molecule has 1 saturated heterocycles. The third-order valence-electron chi connectivity index (χ3n) is 4.52. The molecule has 0 aliphatic carbocycles. The quantitative estimate of drug-likeness (QED) is 0.923. The van der Waals surface area contributed by atoms with Crippen LogP contribution in [0.1, 0.15) is 39.8 Å². The summed E-state index contributed by atoms with van der Waals surface area (Å²) < 4.78 is 14.8. The van der Waals surface area contributed by atoms with Gasteiger partial charge in [-0.15, -0.1) is 0 Å². The number of aryl methyl sites for hydroxylation is 2. The van der Waals surface area contributed by atoms with Crippen LogP contribution in [-0.2, 0) is 7.05 Å². The van der Waals surface area contributed by atoms with Gasteiger partial charge in [0.2, 0.25) is 0 Å². The van der Waals surface area contributed by atoms with Gasteiger partial charge in [-0.2, -0.15) is 5.10 Å². The number of β-amino-alcohol motifs (C(OH)–C–C–N with tert-alkyl or cyclic N) is 1. The number of halogens is 1. The Morgan fingerprint density at radius 3 is 2.52 bits per heavy atom. The van der Waals surface area contributed by atoms with Crippen molar-refractivity contribution in [2.24, 2.45) is 7.05 Å². The Bertz CT molecular complexity index is 739. The summed E-state index contributed by atoms with van der Waals surface area (Å²) in [6.45, 7) is 3.93. The van der Waals surface area contributed by atoms with Gasteiger partial charge in [0.1, 0.15) is 5.82 Å². The maximum absolute atomic E-state index is 13.1. The maximum Gasteiger partial charge on any atom is 0.258 e. The summed E-state index contributed by atoms with van der Waals surface area (Å²) in [5, 5.41) is 14.3. The minimum absolute atomic E-state index is 0.140. The molecule has 1 fully saturated rings. The van der Waals surface area contributed by atoms with Crippen molar-refractivity contribution in [3.63, 3.8) is 0 Å². The minimum Gasteiger partial charge on any atom is -0.391 e. The van der Waals surface area contributed by atoms with Gasteiger partial charge in [-0.1, -0.05) is 12.1 Å². The Morgan fingerprint density at radius 2 is 1.96 bits per heavy atom. The minimum atomic E-state index is -0.578. The smallest absolute Gasteiger partial charge is 0.258 e. The summed E-state index contributed by atoms with van der Waals surface area (Å²) in [6.07, 6.45) is -0.123. The number of amides is 1. The highest BCUT2D eigenvalue weighted by Crippen LogP contribution is 2.34. The van der Waals surface area contributed by atoms with Gasteiger partial charge in [-0.05, 0) is 38.0 Å². The normalized spacial score (nSPS) is 21.0. The van der Waals surface area contributed by atoms with Crippen LogP contribution in [0.5, 0.6) is 0 Å². The Kier molecular flexibility index (Phi) is 3.93. The van der Waals surface area contributed by atoms with Crippen LogP contribution in [0.25, 0.3) is 0 Å². The highest BCUT2D eigenvalue weighted by molar-refractivity contribution is 5.97. The number of hydrogen-bond donors (Lipinski definition) is 1. The van der Waals surface area contributed by atoms with E-state index in [2.05, 4.69) is 5.10 Å². The van der Waals surface area contributed by atoms with Crippen LogP contribution in [-0.4, -0.2) is 38.3 Å². The number of carbonyl (C=O) groups excluding carboxylic acids is 1.